The largest absolute Gasteiger partial charge is 0.318 e. The maximum atomic E-state index is 13.2. The zero-order chi connectivity index (χ0) is 18.8. The highest BCUT2D eigenvalue weighted by atomic mass is 19.1. The second-order valence-electron chi connectivity index (χ2n) is 6.85. The normalized spacial score (nSPS) is 11.2. The lowest BCUT2D eigenvalue weighted by molar-refractivity contribution is 0.102. The molecule has 1 amide bonds. The van der Waals surface area contributed by atoms with Gasteiger partial charge in [0.2, 0.25) is 5.95 Å². The lowest BCUT2D eigenvalue weighted by atomic mass is 10.2. The van der Waals surface area contributed by atoms with Crippen LogP contribution < -0.4 is 5.32 Å². The molecule has 6 heteroatoms. The fraction of sp³-hybridized carbons (Fsp3) is 0.300. The molecule has 0 atom stereocenters. The summed E-state index contributed by atoms with van der Waals surface area (Å²) in [5, 5.41) is 2.89. The lowest BCUT2D eigenvalue weighted by Crippen LogP contribution is -2.17. The fourth-order valence-electron chi connectivity index (χ4n) is 3.12. The summed E-state index contributed by atoms with van der Waals surface area (Å²) in [6.07, 6.45) is 3.54. The predicted octanol–water partition coefficient (Wildman–Crippen LogP) is 4.34. The number of benzene rings is 1. The molecule has 0 fully saturated rings. The van der Waals surface area contributed by atoms with Gasteiger partial charge in [-0.05, 0) is 50.1 Å². The van der Waals surface area contributed by atoms with Crippen molar-refractivity contribution in [1.82, 2.24) is 14.1 Å². The summed E-state index contributed by atoms with van der Waals surface area (Å²) in [6, 6.07) is 8.07. The Morgan fingerprint density at radius 2 is 1.92 bits per heavy atom. The van der Waals surface area contributed by atoms with Crippen LogP contribution in [0.25, 0.3) is 5.69 Å². The number of nitrogens with one attached hydrogen (secondary N) is 1. The summed E-state index contributed by atoms with van der Waals surface area (Å²) in [5.41, 5.74) is 3.10. The molecule has 5 nitrogen and oxygen atoms in total. The van der Waals surface area contributed by atoms with Crippen molar-refractivity contribution < 1.29 is 9.18 Å². The maximum Gasteiger partial charge on any atom is 0.259 e. The Bertz CT molecular complexity index is 922. The van der Waals surface area contributed by atoms with Crippen LogP contribution >= 0.6 is 0 Å². The molecule has 0 aliphatic rings. The minimum absolute atomic E-state index is 0.206. The van der Waals surface area contributed by atoms with Crippen molar-refractivity contribution >= 4 is 11.9 Å². The average Bonchev–Trinajstić information content (AvgIpc) is 3.12. The molecule has 0 spiro atoms. The number of rotatable bonds is 5. The maximum absolute atomic E-state index is 13.2. The van der Waals surface area contributed by atoms with Gasteiger partial charge in [-0.1, -0.05) is 13.8 Å². The summed E-state index contributed by atoms with van der Waals surface area (Å²) >= 11 is 0. The van der Waals surface area contributed by atoms with Crippen LogP contribution in [-0.4, -0.2) is 20.0 Å². The van der Waals surface area contributed by atoms with Gasteiger partial charge in [-0.2, -0.15) is 0 Å². The van der Waals surface area contributed by atoms with E-state index >= 15 is 0 Å². The van der Waals surface area contributed by atoms with Gasteiger partial charge < -0.3 is 9.13 Å². The van der Waals surface area contributed by atoms with Gasteiger partial charge in [0.1, 0.15) is 5.82 Å². The Morgan fingerprint density at radius 1 is 1.23 bits per heavy atom. The van der Waals surface area contributed by atoms with Crippen LogP contribution in [0.1, 0.15) is 35.6 Å². The molecule has 1 aromatic carbocycles. The molecule has 0 saturated heterocycles. The lowest BCUT2D eigenvalue weighted by Gasteiger charge is -2.12. The van der Waals surface area contributed by atoms with Crippen molar-refractivity contribution in [3.63, 3.8) is 0 Å². The minimum atomic E-state index is -0.286. The highest BCUT2D eigenvalue weighted by molar-refractivity contribution is 6.04. The number of carbonyl (C=O) groups excluding carboxylic acids is 1. The number of halogens is 1. The van der Waals surface area contributed by atoms with Crippen molar-refractivity contribution in [2.24, 2.45) is 5.92 Å². The third-order valence-corrected chi connectivity index (χ3v) is 4.26. The first-order valence-corrected chi connectivity index (χ1v) is 8.64. The van der Waals surface area contributed by atoms with E-state index < -0.39 is 0 Å². The van der Waals surface area contributed by atoms with Crippen LogP contribution in [0.5, 0.6) is 0 Å². The standard InChI is InChI=1S/C20H23FN4O/c1-13(2)12-24-10-9-22-20(24)23-19(26)18-11-14(3)25(15(18)4)17-7-5-16(21)6-8-17/h5-11,13H,12H2,1-4H3,(H,22,23,26). The van der Waals surface area contributed by atoms with Crippen LogP contribution in [0.4, 0.5) is 10.3 Å². The molecule has 3 rings (SSSR count). The van der Waals surface area contributed by atoms with Crippen LogP contribution in [0.15, 0.2) is 42.7 Å². The zero-order valence-electron chi connectivity index (χ0n) is 15.5. The number of anilines is 1. The molecule has 3 aromatic rings. The van der Waals surface area contributed by atoms with Crippen LogP contribution in [-0.2, 0) is 6.54 Å². The van der Waals surface area contributed by atoms with Crippen molar-refractivity contribution in [2.45, 2.75) is 34.2 Å². The number of amides is 1. The Hall–Kier alpha value is -2.89. The van der Waals surface area contributed by atoms with Crippen LogP contribution in [0.2, 0.25) is 0 Å². The first-order chi connectivity index (χ1) is 12.4. The molecular formula is C20H23FN4O. The quantitative estimate of drug-likeness (QED) is 0.741. The molecule has 0 saturated carbocycles. The van der Waals surface area contributed by atoms with E-state index in [0.717, 1.165) is 23.6 Å². The van der Waals surface area contributed by atoms with Crippen LogP contribution in [0.3, 0.4) is 0 Å². The Morgan fingerprint density at radius 3 is 2.58 bits per heavy atom. The topological polar surface area (TPSA) is 51.9 Å². The fourth-order valence-corrected chi connectivity index (χ4v) is 3.12. The van der Waals surface area contributed by atoms with E-state index in [1.54, 1.807) is 18.3 Å². The number of hydrogen-bond acceptors (Lipinski definition) is 2. The van der Waals surface area contributed by atoms with Crippen molar-refractivity contribution in [1.29, 1.82) is 0 Å². The average molecular weight is 354 g/mol. The van der Waals surface area contributed by atoms with E-state index in [2.05, 4.69) is 24.1 Å². The van der Waals surface area contributed by atoms with Gasteiger partial charge in [0, 0.05) is 36.0 Å². The van der Waals surface area contributed by atoms with E-state index in [4.69, 9.17) is 0 Å². The zero-order valence-corrected chi connectivity index (χ0v) is 15.5. The Kier molecular flexibility index (Phi) is 4.93. The smallest absolute Gasteiger partial charge is 0.259 e. The van der Waals surface area contributed by atoms with Crippen molar-refractivity contribution in [2.75, 3.05) is 5.32 Å². The summed E-state index contributed by atoms with van der Waals surface area (Å²) < 4.78 is 17.1. The summed E-state index contributed by atoms with van der Waals surface area (Å²) in [5.74, 6) is 0.493. The number of aryl methyl sites for hydroxylation is 1. The SMILES string of the molecule is Cc1cc(C(=O)Nc2nccn2CC(C)C)c(C)n1-c1ccc(F)cc1. The minimum Gasteiger partial charge on any atom is -0.318 e. The number of nitrogens with zero attached hydrogens (tertiary/aromatic N) is 3. The van der Waals surface area contributed by atoms with E-state index in [1.807, 2.05) is 35.2 Å². The number of imidazole rings is 1. The predicted molar refractivity (Wildman–Crippen MR) is 100 cm³/mol. The molecule has 0 aliphatic carbocycles. The number of hydrogen-bond donors (Lipinski definition) is 1. The number of aromatic nitrogens is 3. The molecule has 0 bridgehead atoms. The van der Waals surface area contributed by atoms with Gasteiger partial charge in [0.05, 0.1) is 5.56 Å². The van der Waals surface area contributed by atoms with Gasteiger partial charge in [-0.25, -0.2) is 9.37 Å². The molecule has 0 aliphatic heterocycles. The van der Waals surface area contributed by atoms with Gasteiger partial charge in [0.15, 0.2) is 0 Å². The second-order valence-corrected chi connectivity index (χ2v) is 6.85. The van der Waals surface area contributed by atoms with Gasteiger partial charge in [0.25, 0.3) is 5.91 Å². The van der Waals surface area contributed by atoms with Crippen molar-refractivity contribution in [3.05, 3.63) is 65.5 Å². The van der Waals surface area contributed by atoms with E-state index in [0.29, 0.717) is 17.4 Å². The molecule has 2 aromatic heterocycles. The second kappa shape index (κ2) is 7.15. The third-order valence-electron chi connectivity index (χ3n) is 4.26. The van der Waals surface area contributed by atoms with Gasteiger partial charge in [-0.3, -0.25) is 10.1 Å². The monoisotopic (exact) mass is 354 g/mol. The summed E-state index contributed by atoms with van der Waals surface area (Å²) in [4.78, 5) is 17.0. The molecule has 2 heterocycles. The molecule has 26 heavy (non-hydrogen) atoms. The van der Waals surface area contributed by atoms with E-state index in [1.165, 1.54) is 12.1 Å². The van der Waals surface area contributed by atoms with Gasteiger partial charge in [-0.15, -0.1) is 0 Å². The van der Waals surface area contributed by atoms with Gasteiger partial charge >= 0.3 is 0 Å². The van der Waals surface area contributed by atoms with Crippen molar-refractivity contribution in [3.8, 4) is 5.69 Å². The summed E-state index contributed by atoms with van der Waals surface area (Å²) in [6.45, 7) is 8.81. The molecule has 136 valence electrons. The highest BCUT2D eigenvalue weighted by Gasteiger charge is 2.18. The Labute approximate surface area is 152 Å². The molecule has 0 unspecified atom stereocenters. The van der Waals surface area contributed by atoms with E-state index in [-0.39, 0.29) is 11.7 Å². The summed E-state index contributed by atoms with van der Waals surface area (Å²) in [7, 11) is 0. The first-order valence-electron chi connectivity index (χ1n) is 8.64. The Balaban J connectivity index is 1.88. The first kappa shape index (κ1) is 17.9. The van der Waals surface area contributed by atoms with Crippen LogP contribution in [0, 0.1) is 25.6 Å². The van der Waals surface area contributed by atoms with E-state index in [9.17, 15) is 9.18 Å². The molecule has 0 radical (unpaired) electrons. The number of carbonyl (C=O) groups is 1. The third kappa shape index (κ3) is 3.54. The highest BCUT2D eigenvalue weighted by Crippen LogP contribution is 2.22. The molecule has 1 N–H and O–H groups in total. The molecular weight excluding hydrogens is 331 g/mol.